The third kappa shape index (κ3) is 2.66. The number of fused-ring (bicyclic) bond motifs is 1. The van der Waals surface area contributed by atoms with Crippen molar-refractivity contribution in [3.8, 4) is 11.5 Å². The van der Waals surface area contributed by atoms with E-state index in [1.807, 2.05) is 48.7 Å². The molecule has 0 N–H and O–H groups in total. The molecule has 110 valence electrons. The molecule has 3 aromatic rings. The summed E-state index contributed by atoms with van der Waals surface area (Å²) in [4.78, 5) is 4.63. The van der Waals surface area contributed by atoms with E-state index in [2.05, 4.69) is 23.2 Å². The Hall–Kier alpha value is -2.81. The van der Waals surface area contributed by atoms with E-state index in [0.29, 0.717) is 11.5 Å². The molecule has 3 rings (SSSR count). The Labute approximate surface area is 129 Å². The Kier molecular flexibility index (Phi) is 4.05. The van der Waals surface area contributed by atoms with E-state index in [-0.39, 0.29) is 0 Å². The summed E-state index contributed by atoms with van der Waals surface area (Å²) in [5.74, 6) is 1.39. The highest BCUT2D eigenvalue weighted by atomic mass is 16.5. The first-order chi connectivity index (χ1) is 10.8. The van der Waals surface area contributed by atoms with Gasteiger partial charge < -0.3 is 9.47 Å². The highest BCUT2D eigenvalue weighted by molar-refractivity contribution is 5.96. The molecule has 0 aliphatic carbocycles. The summed E-state index contributed by atoms with van der Waals surface area (Å²) in [6, 6.07) is 20.1. The molecule has 0 amide bonds. The maximum Gasteiger partial charge on any atom is 0.169 e. The van der Waals surface area contributed by atoms with Gasteiger partial charge in [0.05, 0.1) is 19.9 Å². The number of rotatable bonds is 4. The van der Waals surface area contributed by atoms with Crippen LogP contribution in [0.4, 0.5) is 5.69 Å². The monoisotopic (exact) mass is 291 g/mol. The van der Waals surface area contributed by atoms with E-state index in [9.17, 15) is 0 Å². The summed E-state index contributed by atoms with van der Waals surface area (Å²) in [6.07, 6.45) is 1.81. The SMILES string of the molecule is COc1cccc(C=Nc2cccc3ccccc23)c1OC. The fourth-order valence-corrected chi connectivity index (χ4v) is 2.47. The molecule has 0 unspecified atom stereocenters. The van der Waals surface area contributed by atoms with Gasteiger partial charge in [0, 0.05) is 17.2 Å². The molecule has 0 aromatic heterocycles. The lowest BCUT2D eigenvalue weighted by Gasteiger charge is -2.09. The predicted molar refractivity (Wildman–Crippen MR) is 90.7 cm³/mol. The Morgan fingerprint density at radius 1 is 0.818 bits per heavy atom. The Morgan fingerprint density at radius 3 is 2.41 bits per heavy atom. The molecule has 0 saturated heterocycles. The lowest BCUT2D eigenvalue weighted by Crippen LogP contribution is -1.94. The zero-order valence-electron chi connectivity index (χ0n) is 12.6. The van der Waals surface area contributed by atoms with Gasteiger partial charge in [-0.2, -0.15) is 0 Å². The quantitative estimate of drug-likeness (QED) is 0.657. The molecule has 0 saturated carbocycles. The molecule has 3 heteroatoms. The summed E-state index contributed by atoms with van der Waals surface area (Å²) in [5.41, 5.74) is 1.82. The first-order valence-corrected chi connectivity index (χ1v) is 7.06. The predicted octanol–water partition coefficient (Wildman–Crippen LogP) is 4.61. The van der Waals surface area contributed by atoms with Crippen LogP contribution in [0.2, 0.25) is 0 Å². The topological polar surface area (TPSA) is 30.8 Å². The standard InChI is InChI=1S/C19H17NO2/c1-21-18-12-6-9-15(19(18)22-2)13-20-17-11-5-8-14-7-3-4-10-16(14)17/h3-13H,1-2H3. The van der Waals surface area contributed by atoms with Crippen molar-refractivity contribution in [3.63, 3.8) is 0 Å². The van der Waals surface area contributed by atoms with Crippen molar-refractivity contribution in [1.29, 1.82) is 0 Å². The van der Waals surface area contributed by atoms with Gasteiger partial charge in [0.1, 0.15) is 0 Å². The van der Waals surface area contributed by atoms with Crippen LogP contribution in [-0.4, -0.2) is 20.4 Å². The molecular formula is C19H17NO2. The molecule has 0 heterocycles. The second-order valence-electron chi connectivity index (χ2n) is 4.84. The van der Waals surface area contributed by atoms with E-state index in [1.165, 1.54) is 5.39 Å². The van der Waals surface area contributed by atoms with Gasteiger partial charge >= 0.3 is 0 Å². The van der Waals surface area contributed by atoms with Crippen LogP contribution < -0.4 is 9.47 Å². The van der Waals surface area contributed by atoms with Gasteiger partial charge in [-0.25, -0.2) is 0 Å². The van der Waals surface area contributed by atoms with Crippen molar-refractivity contribution < 1.29 is 9.47 Å². The molecule has 0 bridgehead atoms. The highest BCUT2D eigenvalue weighted by Crippen LogP contribution is 2.31. The fourth-order valence-electron chi connectivity index (χ4n) is 2.47. The normalized spacial score (nSPS) is 11.0. The fraction of sp³-hybridized carbons (Fsp3) is 0.105. The van der Waals surface area contributed by atoms with Crippen molar-refractivity contribution in [3.05, 3.63) is 66.2 Å². The van der Waals surface area contributed by atoms with Gasteiger partial charge in [0.2, 0.25) is 0 Å². The van der Waals surface area contributed by atoms with Gasteiger partial charge in [-0.3, -0.25) is 4.99 Å². The van der Waals surface area contributed by atoms with Crippen molar-refractivity contribution in [1.82, 2.24) is 0 Å². The van der Waals surface area contributed by atoms with E-state index in [0.717, 1.165) is 16.6 Å². The molecule has 0 fully saturated rings. The number of ether oxygens (including phenoxy) is 2. The number of hydrogen-bond donors (Lipinski definition) is 0. The highest BCUT2D eigenvalue weighted by Gasteiger charge is 2.07. The Morgan fingerprint density at radius 2 is 1.59 bits per heavy atom. The van der Waals surface area contributed by atoms with Crippen molar-refractivity contribution in [2.75, 3.05) is 14.2 Å². The zero-order valence-corrected chi connectivity index (χ0v) is 12.6. The first-order valence-electron chi connectivity index (χ1n) is 7.06. The van der Waals surface area contributed by atoms with E-state index in [4.69, 9.17) is 9.47 Å². The summed E-state index contributed by atoms with van der Waals surface area (Å²) in [6.45, 7) is 0. The number of methoxy groups -OCH3 is 2. The minimum absolute atomic E-state index is 0.689. The lowest BCUT2D eigenvalue weighted by molar-refractivity contribution is 0.354. The van der Waals surface area contributed by atoms with Gasteiger partial charge in [-0.1, -0.05) is 42.5 Å². The third-order valence-corrected chi connectivity index (χ3v) is 3.54. The van der Waals surface area contributed by atoms with Crippen molar-refractivity contribution >= 4 is 22.7 Å². The molecule has 0 atom stereocenters. The van der Waals surface area contributed by atoms with Gasteiger partial charge in [-0.15, -0.1) is 0 Å². The maximum atomic E-state index is 5.43. The van der Waals surface area contributed by atoms with Crippen LogP contribution in [-0.2, 0) is 0 Å². The largest absolute Gasteiger partial charge is 0.493 e. The summed E-state index contributed by atoms with van der Waals surface area (Å²) in [7, 11) is 3.26. The minimum atomic E-state index is 0.689. The molecule has 3 nitrogen and oxygen atoms in total. The molecule has 0 radical (unpaired) electrons. The van der Waals surface area contributed by atoms with Crippen LogP contribution in [0.15, 0.2) is 65.7 Å². The van der Waals surface area contributed by atoms with Crippen LogP contribution >= 0.6 is 0 Å². The Bertz CT molecular complexity index is 819. The zero-order chi connectivity index (χ0) is 15.4. The number of para-hydroxylation sites is 1. The number of benzene rings is 3. The first kappa shape index (κ1) is 14.1. The summed E-state index contributed by atoms with van der Waals surface area (Å²) >= 11 is 0. The average molecular weight is 291 g/mol. The Balaban J connectivity index is 2.04. The number of aliphatic imine (C=N–C) groups is 1. The molecule has 3 aromatic carbocycles. The van der Waals surface area contributed by atoms with Crippen LogP contribution in [0.3, 0.4) is 0 Å². The molecule has 22 heavy (non-hydrogen) atoms. The molecule has 0 aliphatic rings. The van der Waals surface area contributed by atoms with E-state index < -0.39 is 0 Å². The summed E-state index contributed by atoms with van der Waals surface area (Å²) in [5, 5.41) is 2.30. The number of nitrogens with zero attached hydrogens (tertiary/aromatic N) is 1. The van der Waals surface area contributed by atoms with E-state index in [1.54, 1.807) is 14.2 Å². The van der Waals surface area contributed by atoms with Crippen LogP contribution in [0.5, 0.6) is 11.5 Å². The van der Waals surface area contributed by atoms with Gasteiger partial charge in [0.15, 0.2) is 11.5 Å². The van der Waals surface area contributed by atoms with Crippen molar-refractivity contribution in [2.45, 2.75) is 0 Å². The molecule has 0 aliphatic heterocycles. The lowest BCUT2D eigenvalue weighted by atomic mass is 10.1. The number of hydrogen-bond acceptors (Lipinski definition) is 3. The van der Waals surface area contributed by atoms with Gasteiger partial charge in [-0.05, 0) is 23.6 Å². The second-order valence-corrected chi connectivity index (χ2v) is 4.84. The van der Waals surface area contributed by atoms with Crippen LogP contribution in [0, 0.1) is 0 Å². The maximum absolute atomic E-state index is 5.43. The summed E-state index contributed by atoms with van der Waals surface area (Å²) < 4.78 is 10.7. The smallest absolute Gasteiger partial charge is 0.169 e. The van der Waals surface area contributed by atoms with Gasteiger partial charge in [0.25, 0.3) is 0 Å². The average Bonchev–Trinajstić information content (AvgIpc) is 2.59. The van der Waals surface area contributed by atoms with Crippen LogP contribution in [0.25, 0.3) is 10.8 Å². The third-order valence-electron chi connectivity index (χ3n) is 3.54. The minimum Gasteiger partial charge on any atom is -0.493 e. The molecule has 0 spiro atoms. The second kappa shape index (κ2) is 6.31. The van der Waals surface area contributed by atoms with Crippen molar-refractivity contribution in [2.24, 2.45) is 4.99 Å². The molecular weight excluding hydrogens is 274 g/mol. The van der Waals surface area contributed by atoms with E-state index >= 15 is 0 Å². The van der Waals surface area contributed by atoms with Crippen LogP contribution in [0.1, 0.15) is 5.56 Å².